The Hall–Kier alpha value is -0.200. The molecule has 1 radical (unpaired) electrons. The van der Waals surface area contributed by atoms with Gasteiger partial charge in [0.05, 0.1) is 5.38 Å². The van der Waals surface area contributed by atoms with Gasteiger partial charge in [0.1, 0.15) is 0 Å². The second-order valence-electron chi connectivity index (χ2n) is 3.10. The lowest BCUT2D eigenvalue weighted by atomic mass is 10.1. The summed E-state index contributed by atoms with van der Waals surface area (Å²) in [6, 6.07) is 7.74. The molecule has 12 heavy (non-hydrogen) atoms. The third-order valence-electron chi connectivity index (χ3n) is 2.07. The minimum Gasteiger partial charge on any atom is -0.111 e. The van der Waals surface area contributed by atoms with Crippen molar-refractivity contribution < 1.29 is 0 Å². The maximum atomic E-state index is 6.14. The van der Waals surface area contributed by atoms with Crippen molar-refractivity contribution in [2.45, 2.75) is 12.8 Å². The van der Waals surface area contributed by atoms with Crippen molar-refractivity contribution in [2.75, 3.05) is 0 Å². The highest BCUT2D eigenvalue weighted by atomic mass is 35.5. The molecule has 1 aliphatic carbocycles. The van der Waals surface area contributed by atoms with Crippen LogP contribution in [-0.2, 0) is 0 Å². The lowest BCUT2D eigenvalue weighted by molar-refractivity contribution is 0.982. The standard InChI is InChI=1S/C10H9Cl2/c11-9-4-2-1-3-8(9)10(12)7-5-6-7/h1-4,7H,5-6H2. The third kappa shape index (κ3) is 1.60. The maximum Gasteiger partial charge on any atom is 0.0972 e. The topological polar surface area (TPSA) is 0 Å². The fraction of sp³-hybridized carbons (Fsp3) is 0.300. The Morgan fingerprint density at radius 2 is 1.92 bits per heavy atom. The fourth-order valence-corrected chi connectivity index (χ4v) is 1.88. The average molecular weight is 200 g/mol. The van der Waals surface area contributed by atoms with E-state index in [1.165, 1.54) is 12.8 Å². The van der Waals surface area contributed by atoms with Crippen molar-refractivity contribution in [2.24, 2.45) is 5.92 Å². The van der Waals surface area contributed by atoms with Crippen LogP contribution in [0, 0.1) is 11.3 Å². The van der Waals surface area contributed by atoms with Crippen LogP contribution in [0.5, 0.6) is 0 Å². The molecule has 1 saturated carbocycles. The van der Waals surface area contributed by atoms with Crippen LogP contribution in [0.15, 0.2) is 24.3 Å². The molecule has 0 saturated heterocycles. The predicted octanol–water partition coefficient (Wildman–Crippen LogP) is 3.87. The lowest BCUT2D eigenvalue weighted by Crippen LogP contribution is -1.93. The first-order chi connectivity index (χ1) is 5.79. The summed E-state index contributed by atoms with van der Waals surface area (Å²) in [5, 5.41) is 1.69. The summed E-state index contributed by atoms with van der Waals surface area (Å²) in [6.45, 7) is 0. The molecule has 0 unspecified atom stereocenters. The number of rotatable bonds is 2. The van der Waals surface area contributed by atoms with Crippen molar-refractivity contribution >= 4 is 23.2 Å². The number of benzene rings is 1. The zero-order valence-electron chi connectivity index (χ0n) is 6.56. The Bertz CT molecular complexity index is 279. The van der Waals surface area contributed by atoms with Crippen molar-refractivity contribution in [3.8, 4) is 0 Å². The highest BCUT2D eigenvalue weighted by Crippen LogP contribution is 2.45. The van der Waals surface area contributed by atoms with Crippen molar-refractivity contribution in [1.82, 2.24) is 0 Å². The van der Waals surface area contributed by atoms with Crippen LogP contribution < -0.4 is 0 Å². The van der Waals surface area contributed by atoms with Crippen LogP contribution in [0.25, 0.3) is 0 Å². The molecule has 2 heteroatoms. The van der Waals surface area contributed by atoms with Gasteiger partial charge in [-0.1, -0.05) is 29.8 Å². The van der Waals surface area contributed by atoms with E-state index in [1.54, 1.807) is 0 Å². The number of hydrogen-bond acceptors (Lipinski definition) is 0. The van der Waals surface area contributed by atoms with Crippen LogP contribution >= 0.6 is 23.2 Å². The van der Waals surface area contributed by atoms with Gasteiger partial charge in [-0.2, -0.15) is 0 Å². The molecule has 0 N–H and O–H groups in total. The van der Waals surface area contributed by atoms with Gasteiger partial charge in [0.15, 0.2) is 0 Å². The first-order valence-corrected chi connectivity index (χ1v) is 4.82. The SMILES string of the molecule is Cl[C](c1ccccc1Cl)C1CC1. The smallest absolute Gasteiger partial charge is 0.0972 e. The summed E-state index contributed by atoms with van der Waals surface area (Å²) < 4.78 is 0. The fourth-order valence-electron chi connectivity index (χ4n) is 1.21. The van der Waals surface area contributed by atoms with Gasteiger partial charge in [-0.05, 0) is 30.4 Å². The summed E-state index contributed by atoms with van der Waals surface area (Å²) in [5.74, 6) is 0.576. The van der Waals surface area contributed by atoms with Crippen LogP contribution in [0.2, 0.25) is 5.02 Å². The van der Waals surface area contributed by atoms with Crippen LogP contribution in [0.4, 0.5) is 0 Å². The van der Waals surface area contributed by atoms with E-state index in [0.717, 1.165) is 16.0 Å². The van der Waals surface area contributed by atoms with E-state index in [1.807, 2.05) is 24.3 Å². The summed E-state index contributed by atoms with van der Waals surface area (Å²) >= 11 is 12.1. The summed E-state index contributed by atoms with van der Waals surface area (Å²) in [7, 11) is 0. The second-order valence-corrected chi connectivity index (χ2v) is 3.92. The van der Waals surface area contributed by atoms with Crippen LogP contribution in [-0.4, -0.2) is 0 Å². The van der Waals surface area contributed by atoms with Gasteiger partial charge in [0.2, 0.25) is 0 Å². The Balaban J connectivity index is 2.25. The molecule has 0 nitrogen and oxygen atoms in total. The normalized spacial score (nSPS) is 16.9. The van der Waals surface area contributed by atoms with E-state index >= 15 is 0 Å². The molecule has 0 spiro atoms. The molecule has 1 aromatic rings. The molecular formula is C10H9Cl2. The maximum absolute atomic E-state index is 6.14. The van der Waals surface area contributed by atoms with Gasteiger partial charge in [-0.15, -0.1) is 11.6 Å². The minimum absolute atomic E-state index is 0.576. The molecule has 1 aliphatic rings. The molecule has 0 aromatic heterocycles. The molecule has 0 aliphatic heterocycles. The molecule has 0 atom stereocenters. The molecule has 0 heterocycles. The van der Waals surface area contributed by atoms with Crippen molar-refractivity contribution in [3.63, 3.8) is 0 Å². The van der Waals surface area contributed by atoms with Crippen LogP contribution in [0.1, 0.15) is 18.4 Å². The largest absolute Gasteiger partial charge is 0.111 e. The molecule has 0 amide bonds. The first-order valence-electron chi connectivity index (χ1n) is 4.06. The van der Waals surface area contributed by atoms with Gasteiger partial charge >= 0.3 is 0 Å². The molecule has 63 valence electrons. The molecule has 1 aromatic carbocycles. The van der Waals surface area contributed by atoms with Gasteiger partial charge in [0.25, 0.3) is 0 Å². The molecular weight excluding hydrogens is 191 g/mol. The zero-order chi connectivity index (χ0) is 8.55. The summed E-state index contributed by atoms with van der Waals surface area (Å²) in [5.41, 5.74) is 1.00. The van der Waals surface area contributed by atoms with E-state index < -0.39 is 0 Å². The van der Waals surface area contributed by atoms with E-state index in [2.05, 4.69) is 0 Å². The Kier molecular flexibility index (Phi) is 2.29. The Morgan fingerprint density at radius 3 is 2.50 bits per heavy atom. The van der Waals surface area contributed by atoms with E-state index in [0.29, 0.717) is 5.92 Å². The quantitative estimate of drug-likeness (QED) is 0.679. The van der Waals surface area contributed by atoms with E-state index in [-0.39, 0.29) is 0 Å². The number of halogens is 2. The van der Waals surface area contributed by atoms with Crippen LogP contribution in [0.3, 0.4) is 0 Å². The zero-order valence-corrected chi connectivity index (χ0v) is 8.07. The summed E-state index contributed by atoms with van der Waals surface area (Å²) in [6.07, 6.45) is 2.42. The first kappa shape index (κ1) is 8.40. The highest BCUT2D eigenvalue weighted by molar-refractivity contribution is 6.35. The number of hydrogen-bond donors (Lipinski definition) is 0. The van der Waals surface area contributed by atoms with Gasteiger partial charge < -0.3 is 0 Å². The van der Waals surface area contributed by atoms with E-state index in [4.69, 9.17) is 23.2 Å². The Labute approximate surface area is 82.5 Å². The van der Waals surface area contributed by atoms with Crippen molar-refractivity contribution in [1.29, 1.82) is 0 Å². The highest BCUT2D eigenvalue weighted by Gasteiger charge is 2.32. The lowest BCUT2D eigenvalue weighted by Gasteiger charge is -2.08. The predicted molar refractivity (Wildman–Crippen MR) is 52.4 cm³/mol. The Morgan fingerprint density at radius 1 is 1.25 bits per heavy atom. The average Bonchev–Trinajstić information content (AvgIpc) is 2.86. The molecule has 2 rings (SSSR count). The summed E-state index contributed by atoms with van der Waals surface area (Å²) in [4.78, 5) is 0. The van der Waals surface area contributed by atoms with E-state index in [9.17, 15) is 0 Å². The van der Waals surface area contributed by atoms with Gasteiger partial charge in [-0.3, -0.25) is 0 Å². The van der Waals surface area contributed by atoms with Crippen molar-refractivity contribution in [3.05, 3.63) is 40.2 Å². The van der Waals surface area contributed by atoms with Gasteiger partial charge in [-0.25, -0.2) is 0 Å². The van der Waals surface area contributed by atoms with Gasteiger partial charge in [0, 0.05) is 5.02 Å². The molecule has 0 bridgehead atoms. The minimum atomic E-state index is 0.576. The molecule has 1 fully saturated rings. The second kappa shape index (κ2) is 3.27. The third-order valence-corrected chi connectivity index (χ3v) is 2.91. The monoisotopic (exact) mass is 199 g/mol.